The lowest BCUT2D eigenvalue weighted by molar-refractivity contribution is -0.119. The van der Waals surface area contributed by atoms with E-state index in [1.165, 1.54) is 4.80 Å². The molecule has 1 aromatic carbocycles. The number of tetrazole rings is 1. The summed E-state index contributed by atoms with van der Waals surface area (Å²) in [5.41, 5.74) is 0.819. The average molecular weight is 377 g/mol. The Bertz CT molecular complexity index is 826. The van der Waals surface area contributed by atoms with Gasteiger partial charge in [0.05, 0.1) is 0 Å². The van der Waals surface area contributed by atoms with Crippen molar-refractivity contribution in [2.75, 3.05) is 5.32 Å². The Morgan fingerprint density at radius 2 is 2.09 bits per heavy atom. The molecule has 1 unspecified atom stereocenters. The summed E-state index contributed by atoms with van der Waals surface area (Å²) in [5, 5.41) is 18.5. The van der Waals surface area contributed by atoms with E-state index in [2.05, 4.69) is 41.8 Å². The average Bonchev–Trinajstić information content (AvgIpc) is 3.16. The quantitative estimate of drug-likeness (QED) is 0.751. The van der Waals surface area contributed by atoms with Crippen LogP contribution in [0.3, 0.4) is 0 Å². The lowest BCUT2D eigenvalue weighted by atomic mass is 10.2. The highest BCUT2D eigenvalue weighted by Gasteiger charge is 2.20. The molecule has 2 aromatic heterocycles. The highest BCUT2D eigenvalue weighted by Crippen LogP contribution is 2.18. The van der Waals surface area contributed by atoms with Gasteiger partial charge in [0.1, 0.15) is 11.8 Å². The molecule has 0 saturated carbocycles. The van der Waals surface area contributed by atoms with E-state index in [1.807, 2.05) is 24.3 Å². The SMILES string of the molecule is Cc1cc(NC(=O)C(C)n2nnc(-c3ccc(Br)cc3)n2)no1. The molecule has 3 aromatic rings. The molecular weight excluding hydrogens is 364 g/mol. The van der Waals surface area contributed by atoms with Gasteiger partial charge in [-0.1, -0.05) is 21.1 Å². The molecule has 1 N–H and O–H groups in total. The third-order valence-electron chi connectivity index (χ3n) is 3.14. The predicted molar refractivity (Wildman–Crippen MR) is 85.5 cm³/mol. The maximum atomic E-state index is 12.2. The highest BCUT2D eigenvalue weighted by molar-refractivity contribution is 9.10. The normalized spacial score (nSPS) is 12.1. The summed E-state index contributed by atoms with van der Waals surface area (Å²) in [6.07, 6.45) is 0. The number of halogens is 1. The Morgan fingerprint density at radius 3 is 2.74 bits per heavy atom. The van der Waals surface area contributed by atoms with E-state index in [9.17, 15) is 4.79 Å². The molecule has 3 rings (SSSR count). The monoisotopic (exact) mass is 376 g/mol. The number of rotatable bonds is 4. The van der Waals surface area contributed by atoms with Crippen molar-refractivity contribution in [3.8, 4) is 11.4 Å². The first kappa shape index (κ1) is 15.3. The molecule has 1 atom stereocenters. The van der Waals surface area contributed by atoms with Crippen LogP contribution >= 0.6 is 15.9 Å². The van der Waals surface area contributed by atoms with E-state index in [4.69, 9.17) is 4.52 Å². The number of hydrogen-bond donors (Lipinski definition) is 1. The second-order valence-corrected chi connectivity index (χ2v) is 5.84. The Labute approximate surface area is 140 Å². The Morgan fingerprint density at radius 1 is 1.35 bits per heavy atom. The summed E-state index contributed by atoms with van der Waals surface area (Å²) in [4.78, 5) is 13.4. The van der Waals surface area contributed by atoms with Gasteiger partial charge in [-0.2, -0.15) is 4.80 Å². The Balaban J connectivity index is 1.73. The molecule has 0 aliphatic heterocycles. The van der Waals surface area contributed by atoms with Crippen molar-refractivity contribution in [3.05, 3.63) is 40.6 Å². The van der Waals surface area contributed by atoms with Gasteiger partial charge < -0.3 is 9.84 Å². The van der Waals surface area contributed by atoms with Gasteiger partial charge in [0.2, 0.25) is 5.82 Å². The second-order valence-electron chi connectivity index (χ2n) is 4.93. The zero-order valence-corrected chi connectivity index (χ0v) is 14.0. The standard InChI is InChI=1S/C14H13BrN6O2/c1-8-7-12(19-23-8)16-14(22)9(2)21-18-13(17-20-21)10-3-5-11(15)6-4-10/h3-7,9H,1-2H3,(H,16,19,22). The van der Waals surface area contributed by atoms with Crippen LogP contribution in [0.1, 0.15) is 18.7 Å². The summed E-state index contributed by atoms with van der Waals surface area (Å²) >= 11 is 3.37. The van der Waals surface area contributed by atoms with E-state index >= 15 is 0 Å². The van der Waals surface area contributed by atoms with Gasteiger partial charge in [0.25, 0.3) is 5.91 Å². The molecule has 0 aliphatic rings. The van der Waals surface area contributed by atoms with Crippen molar-refractivity contribution >= 4 is 27.7 Å². The number of carbonyl (C=O) groups is 1. The minimum absolute atomic E-state index is 0.307. The van der Waals surface area contributed by atoms with Crippen molar-refractivity contribution in [1.82, 2.24) is 25.4 Å². The van der Waals surface area contributed by atoms with E-state index in [0.29, 0.717) is 17.4 Å². The lowest BCUT2D eigenvalue weighted by Gasteiger charge is -2.08. The molecule has 0 aliphatic carbocycles. The van der Waals surface area contributed by atoms with E-state index in [0.717, 1.165) is 10.0 Å². The van der Waals surface area contributed by atoms with E-state index in [1.54, 1.807) is 19.9 Å². The van der Waals surface area contributed by atoms with Gasteiger partial charge in [-0.3, -0.25) is 4.79 Å². The molecule has 1 amide bonds. The van der Waals surface area contributed by atoms with Crippen LogP contribution in [0.25, 0.3) is 11.4 Å². The molecule has 9 heteroatoms. The number of aryl methyl sites for hydroxylation is 1. The maximum Gasteiger partial charge on any atom is 0.252 e. The third-order valence-corrected chi connectivity index (χ3v) is 3.66. The van der Waals surface area contributed by atoms with Crippen molar-refractivity contribution in [2.24, 2.45) is 0 Å². The molecule has 0 bridgehead atoms. The minimum Gasteiger partial charge on any atom is -0.360 e. The van der Waals surface area contributed by atoms with Crippen LogP contribution in [0.4, 0.5) is 5.82 Å². The maximum absolute atomic E-state index is 12.2. The predicted octanol–water partition coefficient (Wildman–Crippen LogP) is 2.60. The van der Waals surface area contributed by atoms with Gasteiger partial charge in [-0.25, -0.2) is 0 Å². The smallest absolute Gasteiger partial charge is 0.252 e. The topological polar surface area (TPSA) is 98.7 Å². The van der Waals surface area contributed by atoms with Gasteiger partial charge >= 0.3 is 0 Å². The van der Waals surface area contributed by atoms with Crippen molar-refractivity contribution in [3.63, 3.8) is 0 Å². The first-order valence-corrected chi connectivity index (χ1v) is 7.62. The van der Waals surface area contributed by atoms with Gasteiger partial charge in [-0.05, 0) is 43.3 Å². The molecule has 23 heavy (non-hydrogen) atoms. The number of benzene rings is 1. The second kappa shape index (κ2) is 6.29. The zero-order valence-electron chi connectivity index (χ0n) is 12.4. The molecule has 0 spiro atoms. The fourth-order valence-corrected chi connectivity index (χ4v) is 2.13. The van der Waals surface area contributed by atoms with Crippen molar-refractivity contribution in [1.29, 1.82) is 0 Å². The van der Waals surface area contributed by atoms with Gasteiger partial charge in [-0.15, -0.1) is 10.2 Å². The summed E-state index contributed by atoms with van der Waals surface area (Å²) < 4.78 is 5.87. The molecule has 0 saturated heterocycles. The van der Waals surface area contributed by atoms with Crippen molar-refractivity contribution < 1.29 is 9.32 Å². The number of hydrogen-bond acceptors (Lipinski definition) is 6. The van der Waals surface area contributed by atoms with Crippen molar-refractivity contribution in [2.45, 2.75) is 19.9 Å². The molecule has 118 valence electrons. The number of nitrogens with one attached hydrogen (secondary N) is 1. The van der Waals surface area contributed by atoms with Crippen LogP contribution in [-0.4, -0.2) is 31.3 Å². The summed E-state index contributed by atoms with van der Waals surface area (Å²) in [7, 11) is 0. The number of aromatic nitrogens is 5. The number of carbonyl (C=O) groups excluding carboxylic acids is 1. The van der Waals surface area contributed by atoms with Gasteiger partial charge in [0, 0.05) is 16.1 Å². The molecule has 2 heterocycles. The minimum atomic E-state index is -0.635. The van der Waals surface area contributed by atoms with Crippen LogP contribution in [0, 0.1) is 6.92 Å². The van der Waals surface area contributed by atoms with Crippen LogP contribution < -0.4 is 5.32 Å². The summed E-state index contributed by atoms with van der Waals surface area (Å²) in [6.45, 7) is 3.42. The molecule has 0 radical (unpaired) electrons. The van der Waals surface area contributed by atoms with Crippen LogP contribution in [0.15, 0.2) is 39.3 Å². The number of anilines is 1. The number of amides is 1. The van der Waals surface area contributed by atoms with Crippen LogP contribution in [0.2, 0.25) is 0 Å². The summed E-state index contributed by atoms with van der Waals surface area (Å²) in [5.74, 6) is 1.12. The van der Waals surface area contributed by atoms with Gasteiger partial charge in [0.15, 0.2) is 5.82 Å². The fourth-order valence-electron chi connectivity index (χ4n) is 1.86. The highest BCUT2D eigenvalue weighted by atomic mass is 79.9. The van der Waals surface area contributed by atoms with Crippen LogP contribution in [0.5, 0.6) is 0 Å². The zero-order chi connectivity index (χ0) is 16.4. The largest absolute Gasteiger partial charge is 0.360 e. The molecule has 0 fully saturated rings. The third kappa shape index (κ3) is 3.45. The molecule has 8 nitrogen and oxygen atoms in total. The molecular formula is C14H13BrN6O2. The van der Waals surface area contributed by atoms with E-state index in [-0.39, 0.29) is 5.91 Å². The first-order chi connectivity index (χ1) is 11.0. The lowest BCUT2D eigenvalue weighted by Crippen LogP contribution is -2.25. The number of nitrogens with zero attached hydrogens (tertiary/aromatic N) is 5. The first-order valence-electron chi connectivity index (χ1n) is 6.82. The summed E-state index contributed by atoms with van der Waals surface area (Å²) in [6, 6.07) is 8.51. The Kier molecular flexibility index (Phi) is 4.20. The Hall–Kier alpha value is -2.55. The fraction of sp³-hybridized carbons (Fsp3) is 0.214. The van der Waals surface area contributed by atoms with Crippen LogP contribution in [-0.2, 0) is 4.79 Å². The van der Waals surface area contributed by atoms with E-state index < -0.39 is 6.04 Å².